The van der Waals surface area contributed by atoms with E-state index in [1.54, 1.807) is 0 Å². The van der Waals surface area contributed by atoms with E-state index in [4.69, 9.17) is 16.3 Å². The van der Waals surface area contributed by atoms with Crippen molar-refractivity contribution in [3.05, 3.63) is 46.6 Å². The summed E-state index contributed by atoms with van der Waals surface area (Å²) in [5.41, 5.74) is 3.11. The van der Waals surface area contributed by atoms with E-state index in [9.17, 15) is 0 Å². The van der Waals surface area contributed by atoms with Crippen LogP contribution in [0.2, 0.25) is 0 Å². The molecule has 1 aromatic heterocycles. The monoisotopic (exact) mass is 261 g/mol. The minimum Gasteiger partial charge on any atom is -0.489 e. The van der Waals surface area contributed by atoms with Crippen molar-refractivity contribution >= 4 is 22.5 Å². The van der Waals surface area contributed by atoms with Crippen molar-refractivity contribution in [1.82, 2.24) is 4.98 Å². The van der Waals surface area contributed by atoms with Crippen LogP contribution in [0.4, 0.5) is 0 Å². The molecule has 18 heavy (non-hydrogen) atoms. The molecule has 0 bridgehead atoms. The Morgan fingerprint density at radius 3 is 2.83 bits per heavy atom. The fraction of sp³-hybridized carbons (Fsp3) is 0.267. The fourth-order valence-electron chi connectivity index (χ4n) is 1.80. The maximum Gasteiger partial charge on any atom is 0.130 e. The van der Waals surface area contributed by atoms with Crippen LogP contribution in [0.3, 0.4) is 0 Å². The standard InChI is InChI=1S/C15H16ClNO/c1-10-4-5-14-13(8-10)15(9-12(3)17-14)18-7-6-11(2)16/h4-6,8-9H,7H2,1-3H3/b11-6-. The number of rotatable bonds is 3. The van der Waals surface area contributed by atoms with Crippen molar-refractivity contribution in [2.24, 2.45) is 0 Å². The first-order chi connectivity index (χ1) is 8.56. The molecular formula is C15H16ClNO. The molecule has 2 rings (SSSR count). The molecule has 0 spiro atoms. The molecule has 0 saturated heterocycles. The maximum absolute atomic E-state index is 5.79. The summed E-state index contributed by atoms with van der Waals surface area (Å²) in [6, 6.07) is 8.13. The molecule has 0 unspecified atom stereocenters. The lowest BCUT2D eigenvalue weighted by Crippen LogP contribution is -1.97. The number of fused-ring (bicyclic) bond motifs is 1. The van der Waals surface area contributed by atoms with Crippen LogP contribution in [0.1, 0.15) is 18.2 Å². The van der Waals surface area contributed by atoms with E-state index in [1.165, 1.54) is 5.56 Å². The Hall–Kier alpha value is -1.54. The molecule has 0 aliphatic rings. The molecule has 0 N–H and O–H groups in total. The van der Waals surface area contributed by atoms with Crippen molar-refractivity contribution in [2.75, 3.05) is 6.61 Å². The summed E-state index contributed by atoms with van der Waals surface area (Å²) in [6.45, 7) is 6.34. The van der Waals surface area contributed by atoms with Gasteiger partial charge in [0.15, 0.2) is 0 Å². The SMILES string of the molecule is C/C(Cl)=C/COc1cc(C)nc2ccc(C)cc12. The van der Waals surface area contributed by atoms with Crippen LogP contribution in [0.5, 0.6) is 5.75 Å². The average Bonchev–Trinajstić information content (AvgIpc) is 2.29. The van der Waals surface area contributed by atoms with Gasteiger partial charge in [-0.05, 0) is 39.0 Å². The van der Waals surface area contributed by atoms with Gasteiger partial charge in [-0.15, -0.1) is 0 Å². The second-order valence-electron chi connectivity index (χ2n) is 4.38. The van der Waals surface area contributed by atoms with Crippen LogP contribution in [0.25, 0.3) is 10.9 Å². The summed E-state index contributed by atoms with van der Waals surface area (Å²) in [7, 11) is 0. The zero-order chi connectivity index (χ0) is 13.1. The van der Waals surface area contributed by atoms with Crippen molar-refractivity contribution < 1.29 is 4.74 Å². The number of halogens is 1. The molecule has 0 fully saturated rings. The molecule has 94 valence electrons. The van der Waals surface area contributed by atoms with Gasteiger partial charge in [-0.1, -0.05) is 23.2 Å². The Kier molecular flexibility index (Phi) is 3.87. The smallest absolute Gasteiger partial charge is 0.130 e. The van der Waals surface area contributed by atoms with Gasteiger partial charge >= 0.3 is 0 Å². The van der Waals surface area contributed by atoms with Gasteiger partial charge in [0.05, 0.1) is 5.52 Å². The average molecular weight is 262 g/mol. The third-order valence-electron chi connectivity index (χ3n) is 2.66. The first-order valence-electron chi connectivity index (χ1n) is 5.89. The van der Waals surface area contributed by atoms with Crippen molar-refractivity contribution in [3.63, 3.8) is 0 Å². The molecule has 2 nitrogen and oxygen atoms in total. The quantitative estimate of drug-likeness (QED) is 0.818. The summed E-state index contributed by atoms with van der Waals surface area (Å²) in [5.74, 6) is 0.857. The Morgan fingerprint density at radius 2 is 2.11 bits per heavy atom. The zero-order valence-electron chi connectivity index (χ0n) is 10.8. The first kappa shape index (κ1) is 12.9. The van der Waals surface area contributed by atoms with Gasteiger partial charge in [0.1, 0.15) is 12.4 Å². The number of aryl methyl sites for hydroxylation is 2. The number of aromatic nitrogens is 1. The summed E-state index contributed by atoms with van der Waals surface area (Å²) < 4.78 is 5.77. The highest BCUT2D eigenvalue weighted by Crippen LogP contribution is 2.26. The first-order valence-corrected chi connectivity index (χ1v) is 6.27. The summed E-state index contributed by atoms with van der Waals surface area (Å²) in [6.07, 6.45) is 1.85. The second kappa shape index (κ2) is 5.40. The van der Waals surface area contributed by atoms with E-state index in [0.717, 1.165) is 27.4 Å². The lowest BCUT2D eigenvalue weighted by Gasteiger charge is -2.09. The summed E-state index contributed by atoms with van der Waals surface area (Å²) in [5, 5.41) is 1.78. The van der Waals surface area contributed by atoms with Gasteiger partial charge in [-0.3, -0.25) is 4.98 Å². The molecule has 0 aliphatic heterocycles. The normalized spacial score (nSPS) is 11.9. The Balaban J connectivity index is 2.41. The van der Waals surface area contributed by atoms with E-state index in [1.807, 2.05) is 32.1 Å². The maximum atomic E-state index is 5.79. The minimum atomic E-state index is 0.474. The van der Waals surface area contributed by atoms with Crippen molar-refractivity contribution in [3.8, 4) is 5.75 Å². The van der Waals surface area contributed by atoms with Gasteiger partial charge in [-0.2, -0.15) is 0 Å². The van der Waals surface area contributed by atoms with Crippen molar-refractivity contribution in [2.45, 2.75) is 20.8 Å². The third kappa shape index (κ3) is 3.02. The van der Waals surface area contributed by atoms with Gasteiger partial charge < -0.3 is 4.74 Å². The van der Waals surface area contributed by atoms with Crippen LogP contribution in [0, 0.1) is 13.8 Å². The molecule has 0 atom stereocenters. The lowest BCUT2D eigenvalue weighted by molar-refractivity contribution is 0.366. The molecule has 0 radical (unpaired) electrons. The Morgan fingerprint density at radius 1 is 1.33 bits per heavy atom. The summed E-state index contributed by atoms with van der Waals surface area (Å²) >= 11 is 5.79. The van der Waals surface area contributed by atoms with E-state index in [2.05, 4.69) is 24.0 Å². The molecule has 0 aliphatic carbocycles. The van der Waals surface area contributed by atoms with Crippen LogP contribution >= 0.6 is 11.6 Å². The predicted molar refractivity (Wildman–Crippen MR) is 76.3 cm³/mol. The van der Waals surface area contributed by atoms with Gasteiger partial charge in [0.2, 0.25) is 0 Å². The molecule has 1 aromatic carbocycles. The van der Waals surface area contributed by atoms with Crippen LogP contribution in [0.15, 0.2) is 35.4 Å². The molecule has 2 aromatic rings. The zero-order valence-corrected chi connectivity index (χ0v) is 11.6. The van der Waals surface area contributed by atoms with E-state index < -0.39 is 0 Å². The number of hydrogen-bond acceptors (Lipinski definition) is 2. The van der Waals surface area contributed by atoms with E-state index >= 15 is 0 Å². The molecular weight excluding hydrogens is 246 g/mol. The minimum absolute atomic E-state index is 0.474. The largest absolute Gasteiger partial charge is 0.489 e. The van der Waals surface area contributed by atoms with Crippen molar-refractivity contribution in [1.29, 1.82) is 0 Å². The van der Waals surface area contributed by atoms with E-state index in [0.29, 0.717) is 6.61 Å². The lowest BCUT2D eigenvalue weighted by atomic mass is 10.1. The Labute approximate surface area is 112 Å². The second-order valence-corrected chi connectivity index (χ2v) is 4.98. The number of ether oxygens (including phenoxy) is 1. The van der Waals surface area contributed by atoms with Crippen LogP contribution in [-0.4, -0.2) is 11.6 Å². The Bertz CT molecular complexity index is 601. The summed E-state index contributed by atoms with van der Waals surface area (Å²) in [4.78, 5) is 4.50. The number of pyridine rings is 1. The predicted octanol–water partition coefficient (Wildman–Crippen LogP) is 4.37. The molecule has 0 saturated carbocycles. The van der Waals surface area contributed by atoms with Gasteiger partial charge in [-0.25, -0.2) is 0 Å². The topological polar surface area (TPSA) is 22.1 Å². The van der Waals surface area contributed by atoms with Crippen LogP contribution < -0.4 is 4.74 Å². The van der Waals surface area contributed by atoms with Gasteiger partial charge in [0.25, 0.3) is 0 Å². The highest BCUT2D eigenvalue weighted by Gasteiger charge is 2.05. The van der Waals surface area contributed by atoms with Gasteiger partial charge in [0, 0.05) is 22.2 Å². The molecule has 0 amide bonds. The number of benzene rings is 1. The number of hydrogen-bond donors (Lipinski definition) is 0. The van der Waals surface area contributed by atoms with Crippen LogP contribution in [-0.2, 0) is 0 Å². The highest BCUT2D eigenvalue weighted by molar-refractivity contribution is 6.29. The molecule has 1 heterocycles. The number of allylic oxidation sites excluding steroid dienone is 1. The number of nitrogens with zero attached hydrogens (tertiary/aromatic N) is 1. The van der Waals surface area contributed by atoms with E-state index in [-0.39, 0.29) is 0 Å². The third-order valence-corrected chi connectivity index (χ3v) is 2.81. The molecule has 3 heteroatoms. The highest BCUT2D eigenvalue weighted by atomic mass is 35.5. The fourth-order valence-corrected chi connectivity index (χ4v) is 1.86.